The summed E-state index contributed by atoms with van der Waals surface area (Å²) in [6, 6.07) is 5.41. The lowest BCUT2D eigenvalue weighted by atomic mass is 9.84. The third-order valence-corrected chi connectivity index (χ3v) is 10.2. The average molecular weight is 365 g/mol. The zero-order valence-electron chi connectivity index (χ0n) is 11.1. The number of fused-ring (bicyclic) bond motifs is 1. The summed E-state index contributed by atoms with van der Waals surface area (Å²) in [5.41, 5.74) is -2.38. The van der Waals surface area contributed by atoms with Gasteiger partial charge in [0.05, 0.1) is 0 Å². The molecule has 1 aromatic rings. The molecule has 20 heavy (non-hydrogen) atoms. The first-order chi connectivity index (χ1) is 9.38. The van der Waals surface area contributed by atoms with Crippen LogP contribution in [0.3, 0.4) is 0 Å². The molecule has 1 aliphatic carbocycles. The number of alkyl halides is 3. The third-order valence-electron chi connectivity index (χ3n) is 4.23. The van der Waals surface area contributed by atoms with Crippen LogP contribution in [0.25, 0.3) is 6.08 Å². The molecular formula is C15H16BrF3S. The summed E-state index contributed by atoms with van der Waals surface area (Å²) in [4.78, 5) is 1.02. The number of allylic oxidation sites excluding steroid dienone is 1. The van der Waals surface area contributed by atoms with Crippen molar-refractivity contribution in [2.45, 2.75) is 43.0 Å². The van der Waals surface area contributed by atoms with Crippen LogP contribution in [-0.4, -0.2) is 5.51 Å². The van der Waals surface area contributed by atoms with E-state index in [-0.39, 0.29) is 5.92 Å². The van der Waals surface area contributed by atoms with Gasteiger partial charge in [0.2, 0.25) is 0 Å². The van der Waals surface area contributed by atoms with E-state index in [4.69, 9.17) is 0 Å². The highest BCUT2D eigenvalue weighted by molar-refractivity contribution is 9.59. The molecule has 1 heterocycles. The van der Waals surface area contributed by atoms with Gasteiger partial charge in [-0.05, 0) is 76.6 Å². The summed E-state index contributed by atoms with van der Waals surface area (Å²) in [5, 5.41) is 0. The van der Waals surface area contributed by atoms with Crippen LogP contribution in [-0.2, 0) is 6.42 Å². The Morgan fingerprint density at radius 1 is 1.30 bits per heavy atom. The molecule has 0 nitrogen and oxygen atoms in total. The SMILES string of the molecule is CCc1ccc2c(c1)C=C(C1CCC1)S2(Br)C(F)(F)F. The van der Waals surface area contributed by atoms with Gasteiger partial charge >= 0.3 is 5.51 Å². The minimum atomic E-state index is -4.23. The first-order valence-electron chi connectivity index (χ1n) is 6.81. The zero-order valence-corrected chi connectivity index (χ0v) is 13.5. The van der Waals surface area contributed by atoms with Crippen molar-refractivity contribution in [1.82, 2.24) is 0 Å². The normalized spacial score (nSPS) is 29.4. The highest BCUT2D eigenvalue weighted by Gasteiger charge is 2.57. The Bertz CT molecular complexity index is 575. The van der Waals surface area contributed by atoms with Gasteiger partial charge < -0.3 is 0 Å². The summed E-state index contributed by atoms with van der Waals surface area (Å²) in [6.45, 7) is 2.02. The molecule has 5 heteroatoms. The Balaban J connectivity index is 2.14. The number of halogens is 4. The topological polar surface area (TPSA) is 0 Å². The molecule has 1 atom stereocenters. The summed E-state index contributed by atoms with van der Waals surface area (Å²) in [6.07, 6.45) is 5.46. The van der Waals surface area contributed by atoms with Crippen molar-refractivity contribution in [1.29, 1.82) is 0 Å². The average Bonchev–Trinajstić information content (AvgIpc) is 2.61. The van der Waals surface area contributed by atoms with Crippen molar-refractivity contribution in [2.75, 3.05) is 0 Å². The quantitative estimate of drug-likeness (QED) is 0.569. The first-order valence-corrected chi connectivity index (χ1v) is 10.3. The summed E-state index contributed by atoms with van der Waals surface area (Å²) >= 11 is 3.14. The van der Waals surface area contributed by atoms with Crippen LogP contribution in [0.4, 0.5) is 13.2 Å². The van der Waals surface area contributed by atoms with Crippen LogP contribution >= 0.6 is 23.3 Å². The minimum Gasteiger partial charge on any atom is -0.160 e. The van der Waals surface area contributed by atoms with Crippen LogP contribution < -0.4 is 0 Å². The second-order valence-corrected chi connectivity index (χ2v) is 10.7. The van der Waals surface area contributed by atoms with Crippen molar-refractivity contribution in [3.05, 3.63) is 34.2 Å². The van der Waals surface area contributed by atoms with Gasteiger partial charge in [-0.3, -0.25) is 0 Å². The molecule has 0 aromatic heterocycles. The van der Waals surface area contributed by atoms with Gasteiger partial charge in [0.15, 0.2) is 0 Å². The molecule has 1 saturated carbocycles. The maximum absolute atomic E-state index is 13.7. The fourth-order valence-corrected chi connectivity index (χ4v) is 7.26. The maximum Gasteiger partial charge on any atom is 0.442 e. The van der Waals surface area contributed by atoms with Gasteiger partial charge in [0.25, 0.3) is 0 Å². The third kappa shape index (κ3) is 1.97. The molecule has 0 N–H and O–H groups in total. The molecule has 110 valence electrons. The van der Waals surface area contributed by atoms with E-state index in [9.17, 15) is 13.2 Å². The van der Waals surface area contributed by atoms with Gasteiger partial charge in [0.1, 0.15) is 0 Å². The second kappa shape index (κ2) is 4.80. The Labute approximate surface area is 126 Å². The van der Waals surface area contributed by atoms with Gasteiger partial charge in [-0.15, -0.1) is 0 Å². The van der Waals surface area contributed by atoms with Crippen molar-refractivity contribution >= 4 is 29.4 Å². The Morgan fingerprint density at radius 2 is 2.00 bits per heavy atom. The monoisotopic (exact) mass is 364 g/mol. The molecule has 2 aliphatic rings. The first kappa shape index (κ1) is 14.5. The predicted molar refractivity (Wildman–Crippen MR) is 82.0 cm³/mol. The molecule has 0 spiro atoms. The Hall–Kier alpha value is -0.420. The van der Waals surface area contributed by atoms with Crippen molar-refractivity contribution in [2.24, 2.45) is 5.92 Å². The molecule has 1 unspecified atom stereocenters. The van der Waals surface area contributed by atoms with E-state index in [0.717, 1.165) is 36.8 Å². The van der Waals surface area contributed by atoms with Crippen molar-refractivity contribution in [3.8, 4) is 0 Å². The number of benzene rings is 1. The summed E-state index contributed by atoms with van der Waals surface area (Å²) in [7, 11) is -3.03. The van der Waals surface area contributed by atoms with E-state index in [1.165, 1.54) is 0 Å². The summed E-state index contributed by atoms with van der Waals surface area (Å²) in [5.74, 6) is 0.100. The number of hydrogen-bond acceptors (Lipinski definition) is 0. The minimum absolute atomic E-state index is 0.100. The fraction of sp³-hybridized carbons (Fsp3) is 0.467. The van der Waals surface area contributed by atoms with Crippen LogP contribution in [0.5, 0.6) is 0 Å². The molecule has 1 aromatic carbocycles. The van der Waals surface area contributed by atoms with E-state index < -0.39 is 14.0 Å². The molecule has 0 saturated heterocycles. The number of rotatable bonds is 2. The van der Waals surface area contributed by atoms with Gasteiger partial charge in [-0.25, -0.2) is 0 Å². The van der Waals surface area contributed by atoms with Crippen molar-refractivity contribution in [3.63, 3.8) is 0 Å². The lowest BCUT2D eigenvalue weighted by molar-refractivity contribution is -0.0358. The lowest BCUT2D eigenvalue weighted by Crippen LogP contribution is -2.22. The number of hydrogen-bond donors (Lipinski definition) is 0. The summed E-state index contributed by atoms with van der Waals surface area (Å²) < 4.78 is 41.2. The maximum atomic E-state index is 13.7. The number of aryl methyl sites for hydroxylation is 1. The molecule has 0 radical (unpaired) electrons. The van der Waals surface area contributed by atoms with E-state index in [0.29, 0.717) is 9.80 Å². The standard InChI is InChI=1S/C15H16BrF3S/c1-2-10-6-7-13-12(8-10)9-14(11-4-3-5-11)20(13,16)15(17,18)19/h6-9,11H,2-5H2,1H3. The highest BCUT2D eigenvalue weighted by atomic mass is 79.9. The molecule has 0 amide bonds. The predicted octanol–water partition coefficient (Wildman–Crippen LogP) is 6.40. The lowest BCUT2D eigenvalue weighted by Gasteiger charge is -2.41. The second-order valence-electron chi connectivity index (χ2n) is 5.38. The zero-order chi connectivity index (χ0) is 14.5. The van der Waals surface area contributed by atoms with E-state index in [2.05, 4.69) is 14.8 Å². The molecular weight excluding hydrogens is 349 g/mol. The van der Waals surface area contributed by atoms with Gasteiger partial charge in [-0.1, -0.05) is 25.5 Å². The van der Waals surface area contributed by atoms with Crippen LogP contribution in [0.15, 0.2) is 28.0 Å². The van der Waals surface area contributed by atoms with Crippen LogP contribution in [0.1, 0.15) is 37.3 Å². The van der Waals surface area contributed by atoms with E-state index in [1.54, 1.807) is 12.1 Å². The van der Waals surface area contributed by atoms with E-state index >= 15 is 0 Å². The highest BCUT2D eigenvalue weighted by Crippen LogP contribution is 2.83. The Morgan fingerprint density at radius 3 is 2.50 bits per heavy atom. The van der Waals surface area contributed by atoms with Gasteiger partial charge in [-0.2, -0.15) is 13.2 Å². The van der Waals surface area contributed by atoms with Crippen molar-refractivity contribution < 1.29 is 13.2 Å². The van der Waals surface area contributed by atoms with E-state index in [1.807, 2.05) is 19.1 Å². The van der Waals surface area contributed by atoms with Crippen LogP contribution in [0.2, 0.25) is 0 Å². The molecule has 0 bridgehead atoms. The van der Waals surface area contributed by atoms with Gasteiger partial charge in [0, 0.05) is 4.90 Å². The van der Waals surface area contributed by atoms with Crippen LogP contribution in [0, 0.1) is 5.92 Å². The Kier molecular flexibility index (Phi) is 3.49. The fourth-order valence-electron chi connectivity index (χ4n) is 2.85. The smallest absolute Gasteiger partial charge is 0.160 e. The molecule has 3 rings (SSSR count). The molecule has 1 aliphatic heterocycles. The molecule has 1 fully saturated rings. The largest absolute Gasteiger partial charge is 0.442 e.